The van der Waals surface area contributed by atoms with Crippen molar-refractivity contribution in [3.8, 4) is 5.75 Å². The summed E-state index contributed by atoms with van der Waals surface area (Å²) in [4.78, 5) is 63.5. The first kappa shape index (κ1) is 61.4. The number of nitro groups is 1. The number of aryl methyl sites for hydroxylation is 2. The molecule has 3 saturated carbocycles. The fraction of sp³-hybridized carbons (Fsp3) is 0.639. The Morgan fingerprint density at radius 3 is 1.43 bits per heavy atom. The van der Waals surface area contributed by atoms with Gasteiger partial charge in [-0.3, -0.25) is 29.3 Å². The Morgan fingerprint density at radius 1 is 0.667 bits per heavy atom. The normalized spacial score (nSPS) is 21.7. The Balaban J connectivity index is 0.000000278. The monoisotopic (exact) mass is 1080 g/mol. The summed E-state index contributed by atoms with van der Waals surface area (Å²) < 4.78 is 42.9. The molecule has 0 aromatic heterocycles. The summed E-state index contributed by atoms with van der Waals surface area (Å²) >= 11 is 13.5. The maximum absolute atomic E-state index is 13.4. The van der Waals surface area contributed by atoms with E-state index in [0.717, 1.165) is 86.5 Å². The summed E-state index contributed by atoms with van der Waals surface area (Å²) in [7, 11) is 2.77. The van der Waals surface area contributed by atoms with E-state index in [9.17, 15) is 38.1 Å². The standard InChI is InChI=1S/C31H40ClNO6.C30H43ClF2O3/c1-7-20-16-22(17-20)28(29(35)38-6)31(5,19-27(34)39-25-12-10-24(11-13-25)33(36)37)23-9-8-21(26(32)18-23)14-15-30(2,3)4;1-7-19-12-22(13-19)26(27(35)36-6)29(5,18-24(34)14-20-16-30(32,33)17-20)23-9-8-21(25(31)15-23)10-11-28(2,3)4/h8-13,18,20,22,28H,7,14-17,19H2,1-6H3;8-9,15,19-20,22,26H,7,10-14,16-18H2,1-6H3/t20?,22?,28?,31-;19?,22?,26?,29-/m00/s1. The second kappa shape index (κ2) is 25.4. The van der Waals surface area contributed by atoms with Crippen LogP contribution in [0.15, 0.2) is 60.7 Å². The Labute approximate surface area is 455 Å². The molecule has 3 aliphatic carbocycles. The van der Waals surface area contributed by atoms with Crippen LogP contribution in [0.25, 0.3) is 0 Å². The van der Waals surface area contributed by atoms with Crippen LogP contribution in [0, 0.1) is 62.4 Å². The summed E-state index contributed by atoms with van der Waals surface area (Å²) in [5.41, 5.74) is 2.16. The Bertz CT molecular complexity index is 2460. The third-order valence-electron chi connectivity index (χ3n) is 16.7. The molecule has 3 aromatic carbocycles. The molecule has 2 unspecified atom stereocenters. The summed E-state index contributed by atoms with van der Waals surface area (Å²) in [6.07, 6.45) is 9.03. The molecule has 0 spiro atoms. The zero-order chi connectivity index (χ0) is 55.8. The van der Waals surface area contributed by atoms with Crippen LogP contribution in [-0.2, 0) is 52.3 Å². The lowest BCUT2D eigenvalue weighted by atomic mass is 9.56. The number of nitrogens with zero attached hydrogens (tertiary/aromatic N) is 1. The zero-order valence-electron chi connectivity index (χ0n) is 46.6. The molecule has 14 heteroatoms. The summed E-state index contributed by atoms with van der Waals surface area (Å²) in [6, 6.07) is 17.1. The van der Waals surface area contributed by atoms with Crippen molar-refractivity contribution in [2.24, 2.45) is 52.3 Å². The lowest BCUT2D eigenvalue weighted by molar-refractivity contribution is -0.384. The molecule has 3 aromatic rings. The number of ether oxygens (including phenoxy) is 3. The van der Waals surface area contributed by atoms with Gasteiger partial charge in [-0.05, 0) is 138 Å². The van der Waals surface area contributed by atoms with Gasteiger partial charge in [-0.25, -0.2) is 8.78 Å². The highest BCUT2D eigenvalue weighted by Crippen LogP contribution is 2.53. The SMILES string of the molecule is CCC1CC(C(C(=O)OC)[C@@](C)(CC(=O)CC2CC(F)(F)C2)c2ccc(CCC(C)(C)C)c(Cl)c2)C1.CCC1CC(C(C(=O)OC)[C@@](C)(CC(=O)Oc2ccc([N+](=O)[O-])cc2)c2ccc(CCC(C)(C)C)c(Cl)c2)C1. The number of benzene rings is 3. The van der Waals surface area contributed by atoms with E-state index in [-0.39, 0.29) is 89.8 Å². The third-order valence-corrected chi connectivity index (χ3v) is 17.4. The molecule has 0 bridgehead atoms. The molecule has 4 atom stereocenters. The molecule has 6 rings (SSSR count). The molecule has 0 saturated heterocycles. The van der Waals surface area contributed by atoms with Crippen LogP contribution >= 0.6 is 23.2 Å². The largest absolute Gasteiger partial charge is 0.469 e. The van der Waals surface area contributed by atoms with Crippen LogP contribution < -0.4 is 4.74 Å². The zero-order valence-corrected chi connectivity index (χ0v) is 48.1. The minimum absolute atomic E-state index is 0.0684. The van der Waals surface area contributed by atoms with Gasteiger partial charge >= 0.3 is 17.9 Å². The minimum Gasteiger partial charge on any atom is -0.469 e. The van der Waals surface area contributed by atoms with Crippen LogP contribution in [0.1, 0.15) is 175 Å². The highest BCUT2D eigenvalue weighted by atomic mass is 35.5. The Kier molecular flexibility index (Phi) is 20.8. The van der Waals surface area contributed by atoms with Crippen LogP contribution in [-0.4, -0.2) is 48.8 Å². The number of Topliss-reactive ketones (excluding diaryl/α,β-unsaturated/α-hetero) is 1. The van der Waals surface area contributed by atoms with E-state index in [1.807, 2.05) is 50.2 Å². The van der Waals surface area contributed by atoms with E-state index >= 15 is 0 Å². The quantitative estimate of drug-likeness (QED) is 0.0416. The number of carbonyl (C=O) groups excluding carboxylic acids is 4. The molecule has 10 nitrogen and oxygen atoms in total. The fourth-order valence-corrected chi connectivity index (χ4v) is 12.4. The van der Waals surface area contributed by atoms with Gasteiger partial charge in [0.1, 0.15) is 11.5 Å². The maximum atomic E-state index is 13.4. The number of carbonyl (C=O) groups is 4. The van der Waals surface area contributed by atoms with Crippen molar-refractivity contribution in [3.05, 3.63) is 103 Å². The Hall–Kier alpha value is -4.42. The predicted molar refractivity (Wildman–Crippen MR) is 292 cm³/mol. The number of ketones is 1. The molecule has 0 N–H and O–H groups in total. The highest BCUT2D eigenvalue weighted by Gasteiger charge is 2.53. The van der Waals surface area contributed by atoms with Crippen molar-refractivity contribution in [2.45, 2.75) is 182 Å². The number of nitro benzene ring substituents is 1. The number of alkyl halides is 2. The number of methoxy groups -OCH3 is 2. The average Bonchev–Trinajstić information content (AvgIpc) is 3.28. The molecule has 414 valence electrons. The minimum atomic E-state index is -2.65. The van der Waals surface area contributed by atoms with Gasteiger partial charge in [0.2, 0.25) is 5.92 Å². The van der Waals surface area contributed by atoms with Gasteiger partial charge in [0.25, 0.3) is 5.69 Å². The first-order valence-corrected chi connectivity index (χ1v) is 27.8. The third kappa shape index (κ3) is 16.3. The smallest absolute Gasteiger partial charge is 0.312 e. The van der Waals surface area contributed by atoms with Crippen LogP contribution in [0.5, 0.6) is 5.75 Å². The number of halogens is 4. The van der Waals surface area contributed by atoms with Gasteiger partial charge in [0, 0.05) is 58.7 Å². The van der Waals surface area contributed by atoms with Gasteiger partial charge < -0.3 is 14.2 Å². The van der Waals surface area contributed by atoms with Crippen molar-refractivity contribution in [2.75, 3.05) is 14.2 Å². The molecule has 0 heterocycles. The van der Waals surface area contributed by atoms with Crippen LogP contribution in [0.4, 0.5) is 14.5 Å². The molecule has 0 radical (unpaired) electrons. The number of hydrogen-bond acceptors (Lipinski definition) is 9. The number of hydrogen-bond donors (Lipinski definition) is 0. The van der Waals surface area contributed by atoms with Gasteiger partial charge in [0.15, 0.2) is 0 Å². The second-order valence-corrected chi connectivity index (χ2v) is 25.8. The summed E-state index contributed by atoms with van der Waals surface area (Å²) in [5, 5.41) is 12.2. The van der Waals surface area contributed by atoms with E-state index in [1.165, 1.54) is 38.5 Å². The van der Waals surface area contributed by atoms with E-state index in [2.05, 4.69) is 55.4 Å². The second-order valence-electron chi connectivity index (χ2n) is 25.0. The van der Waals surface area contributed by atoms with E-state index in [1.54, 1.807) is 0 Å². The van der Waals surface area contributed by atoms with E-state index < -0.39 is 39.5 Å². The van der Waals surface area contributed by atoms with Gasteiger partial charge in [-0.15, -0.1) is 0 Å². The predicted octanol–water partition coefficient (Wildman–Crippen LogP) is 15.9. The average molecular weight is 1080 g/mol. The van der Waals surface area contributed by atoms with Crippen molar-refractivity contribution in [3.63, 3.8) is 0 Å². The van der Waals surface area contributed by atoms with E-state index in [4.69, 9.17) is 37.4 Å². The first-order valence-electron chi connectivity index (χ1n) is 27.0. The van der Waals surface area contributed by atoms with Crippen LogP contribution in [0.3, 0.4) is 0 Å². The summed E-state index contributed by atoms with van der Waals surface area (Å²) in [6.45, 7) is 21.3. The van der Waals surface area contributed by atoms with Gasteiger partial charge in [-0.2, -0.15) is 0 Å². The van der Waals surface area contributed by atoms with Gasteiger partial charge in [0.05, 0.1) is 37.4 Å². The van der Waals surface area contributed by atoms with E-state index in [0.29, 0.717) is 21.9 Å². The topological polar surface area (TPSA) is 139 Å². The molecule has 3 aliphatic rings. The molecule has 0 amide bonds. The lowest BCUT2D eigenvalue weighted by Crippen LogP contribution is -2.48. The molecular weight excluding hydrogens is 1000 g/mol. The van der Waals surface area contributed by atoms with Crippen LogP contribution in [0.2, 0.25) is 10.0 Å². The molecule has 0 aliphatic heterocycles. The fourth-order valence-electron chi connectivity index (χ4n) is 11.8. The van der Waals surface area contributed by atoms with Crippen molar-refractivity contribution in [1.82, 2.24) is 0 Å². The Morgan fingerprint density at radius 2 is 1.08 bits per heavy atom. The number of rotatable bonds is 22. The summed E-state index contributed by atoms with van der Waals surface area (Å²) in [5.74, 6) is -3.78. The molecule has 75 heavy (non-hydrogen) atoms. The number of non-ortho nitro benzene ring substituents is 1. The number of esters is 3. The highest BCUT2D eigenvalue weighted by molar-refractivity contribution is 6.31. The molecular formula is C61H83Cl2F2NO9. The van der Waals surface area contributed by atoms with Crippen molar-refractivity contribution < 1.29 is 47.1 Å². The van der Waals surface area contributed by atoms with Gasteiger partial charge in [-0.1, -0.05) is 130 Å². The van der Waals surface area contributed by atoms with Crippen molar-refractivity contribution >= 4 is 52.6 Å². The maximum Gasteiger partial charge on any atom is 0.312 e. The first-order chi connectivity index (χ1) is 34.9. The van der Waals surface area contributed by atoms with Crippen molar-refractivity contribution in [1.29, 1.82) is 0 Å². The molecule has 3 fully saturated rings. The lowest BCUT2D eigenvalue weighted by Gasteiger charge is -2.47.